The van der Waals surface area contributed by atoms with Crippen molar-refractivity contribution in [2.45, 2.75) is 0 Å². The SMILES string of the molecule is N#Cc1c(C#N)c2c3c(cccc3c1O)C(=O)C=C2. The molecule has 0 radical (unpaired) electrons. The zero-order chi connectivity index (χ0) is 13.6. The highest BCUT2D eigenvalue weighted by Gasteiger charge is 2.23. The first-order valence-corrected chi connectivity index (χ1v) is 5.53. The van der Waals surface area contributed by atoms with Crippen LogP contribution in [0.4, 0.5) is 0 Å². The molecule has 19 heavy (non-hydrogen) atoms. The van der Waals surface area contributed by atoms with Crippen molar-refractivity contribution in [2.24, 2.45) is 0 Å². The van der Waals surface area contributed by atoms with Gasteiger partial charge in [-0.05, 0) is 12.2 Å². The van der Waals surface area contributed by atoms with Crippen molar-refractivity contribution in [3.05, 3.63) is 46.5 Å². The predicted octanol–water partition coefficient (Wildman–Crippen LogP) is 2.50. The fourth-order valence-electron chi connectivity index (χ4n) is 2.40. The largest absolute Gasteiger partial charge is 0.506 e. The molecule has 4 nitrogen and oxygen atoms in total. The summed E-state index contributed by atoms with van der Waals surface area (Å²) in [5.74, 6) is -0.422. The second-order valence-electron chi connectivity index (χ2n) is 4.16. The summed E-state index contributed by atoms with van der Waals surface area (Å²) in [5.41, 5.74) is 0.998. The lowest BCUT2D eigenvalue weighted by atomic mass is 9.86. The molecule has 0 saturated carbocycles. The third kappa shape index (κ3) is 1.28. The van der Waals surface area contributed by atoms with Crippen LogP contribution >= 0.6 is 0 Å². The highest BCUT2D eigenvalue weighted by Crippen LogP contribution is 2.39. The molecule has 0 aromatic heterocycles. The van der Waals surface area contributed by atoms with Gasteiger partial charge in [-0.25, -0.2) is 0 Å². The van der Waals surface area contributed by atoms with E-state index in [0.29, 0.717) is 21.9 Å². The molecule has 1 N–H and O–H groups in total. The summed E-state index contributed by atoms with van der Waals surface area (Å²) in [7, 11) is 0. The monoisotopic (exact) mass is 246 g/mol. The van der Waals surface area contributed by atoms with Crippen LogP contribution in [0.1, 0.15) is 27.0 Å². The molecule has 3 rings (SSSR count). The molecule has 1 aliphatic carbocycles. The standard InChI is InChI=1S/C15H6N2O2/c16-6-11-8-4-5-13(18)9-2-1-3-10(14(8)9)15(19)12(11)7-17/h1-5,19H. The normalized spacial score (nSPS) is 12.2. The van der Waals surface area contributed by atoms with Crippen LogP contribution in [-0.2, 0) is 0 Å². The summed E-state index contributed by atoms with van der Waals surface area (Å²) in [4.78, 5) is 11.8. The number of rotatable bonds is 0. The van der Waals surface area contributed by atoms with E-state index in [9.17, 15) is 15.2 Å². The first-order valence-electron chi connectivity index (χ1n) is 5.53. The number of benzene rings is 2. The van der Waals surface area contributed by atoms with Gasteiger partial charge in [0.15, 0.2) is 5.78 Å². The zero-order valence-electron chi connectivity index (χ0n) is 9.64. The van der Waals surface area contributed by atoms with Crippen LogP contribution in [0.3, 0.4) is 0 Å². The van der Waals surface area contributed by atoms with Gasteiger partial charge in [0.25, 0.3) is 0 Å². The van der Waals surface area contributed by atoms with Gasteiger partial charge < -0.3 is 5.11 Å². The Morgan fingerprint density at radius 1 is 1.05 bits per heavy atom. The number of carbonyl (C=O) groups excluding carboxylic acids is 1. The van der Waals surface area contributed by atoms with E-state index >= 15 is 0 Å². The van der Waals surface area contributed by atoms with Crippen LogP contribution in [0.25, 0.3) is 16.8 Å². The maximum absolute atomic E-state index is 11.8. The average Bonchev–Trinajstić information content (AvgIpc) is 2.44. The van der Waals surface area contributed by atoms with E-state index in [1.54, 1.807) is 18.2 Å². The van der Waals surface area contributed by atoms with E-state index < -0.39 is 0 Å². The molecule has 0 spiro atoms. The molecule has 4 heteroatoms. The second kappa shape index (κ2) is 3.69. The van der Waals surface area contributed by atoms with E-state index in [0.717, 1.165) is 0 Å². The number of ketones is 1. The predicted molar refractivity (Wildman–Crippen MR) is 68.4 cm³/mol. The Bertz CT molecular complexity index is 865. The van der Waals surface area contributed by atoms with Crippen LogP contribution in [-0.4, -0.2) is 10.9 Å². The third-order valence-electron chi connectivity index (χ3n) is 3.24. The summed E-state index contributed by atoms with van der Waals surface area (Å²) in [6.07, 6.45) is 2.90. The van der Waals surface area contributed by atoms with Crippen LogP contribution < -0.4 is 0 Å². The number of hydrogen-bond acceptors (Lipinski definition) is 4. The lowest BCUT2D eigenvalue weighted by Crippen LogP contribution is -2.04. The highest BCUT2D eigenvalue weighted by atomic mass is 16.3. The van der Waals surface area contributed by atoms with Gasteiger partial charge in [0.1, 0.15) is 23.5 Å². The molecule has 0 aliphatic heterocycles. The van der Waals surface area contributed by atoms with Crippen LogP contribution in [0.15, 0.2) is 24.3 Å². The minimum Gasteiger partial charge on any atom is -0.506 e. The minimum atomic E-state index is -0.247. The van der Waals surface area contributed by atoms with Crippen molar-refractivity contribution in [2.75, 3.05) is 0 Å². The molecule has 0 unspecified atom stereocenters. The fraction of sp³-hybridized carbons (Fsp3) is 0. The van der Waals surface area contributed by atoms with E-state index in [1.165, 1.54) is 12.2 Å². The van der Waals surface area contributed by atoms with Gasteiger partial charge >= 0.3 is 0 Å². The van der Waals surface area contributed by atoms with Gasteiger partial charge in [-0.3, -0.25) is 4.79 Å². The number of aromatic hydroxyl groups is 1. The van der Waals surface area contributed by atoms with E-state index in [1.807, 2.05) is 12.1 Å². The third-order valence-corrected chi connectivity index (χ3v) is 3.24. The molecular formula is C15H6N2O2. The van der Waals surface area contributed by atoms with Crippen molar-refractivity contribution >= 4 is 22.6 Å². The van der Waals surface area contributed by atoms with Crippen molar-refractivity contribution in [1.82, 2.24) is 0 Å². The number of nitrogens with zero attached hydrogens (tertiary/aromatic N) is 2. The number of phenols is 1. The number of allylic oxidation sites excluding steroid dienone is 1. The van der Waals surface area contributed by atoms with E-state index in [2.05, 4.69) is 0 Å². The fourth-order valence-corrected chi connectivity index (χ4v) is 2.40. The number of nitriles is 2. The van der Waals surface area contributed by atoms with Crippen molar-refractivity contribution in [3.63, 3.8) is 0 Å². The molecule has 0 amide bonds. The summed E-state index contributed by atoms with van der Waals surface area (Å²) < 4.78 is 0. The van der Waals surface area contributed by atoms with Crippen molar-refractivity contribution in [3.8, 4) is 17.9 Å². The number of hydrogen-bond donors (Lipinski definition) is 1. The molecule has 0 fully saturated rings. The molecule has 0 saturated heterocycles. The van der Waals surface area contributed by atoms with Gasteiger partial charge in [0, 0.05) is 21.9 Å². The Morgan fingerprint density at radius 3 is 2.47 bits per heavy atom. The summed E-state index contributed by atoms with van der Waals surface area (Å²) >= 11 is 0. The maximum Gasteiger partial charge on any atom is 0.186 e. The molecule has 88 valence electrons. The van der Waals surface area contributed by atoms with Gasteiger partial charge in [-0.2, -0.15) is 10.5 Å². The molecule has 2 aromatic rings. The van der Waals surface area contributed by atoms with E-state index in [-0.39, 0.29) is 22.7 Å². The summed E-state index contributed by atoms with van der Waals surface area (Å²) in [6.45, 7) is 0. The Balaban J connectivity index is 2.67. The van der Waals surface area contributed by atoms with Gasteiger partial charge in [0.2, 0.25) is 0 Å². The Hall–Kier alpha value is -3.11. The molecule has 1 aliphatic rings. The van der Waals surface area contributed by atoms with Crippen LogP contribution in [0, 0.1) is 22.7 Å². The van der Waals surface area contributed by atoms with Crippen LogP contribution in [0.2, 0.25) is 0 Å². The molecular weight excluding hydrogens is 240 g/mol. The molecule has 0 bridgehead atoms. The Morgan fingerprint density at radius 2 is 1.79 bits per heavy atom. The van der Waals surface area contributed by atoms with Crippen molar-refractivity contribution in [1.29, 1.82) is 10.5 Å². The van der Waals surface area contributed by atoms with Crippen LogP contribution in [0.5, 0.6) is 5.75 Å². The number of carbonyl (C=O) groups is 1. The van der Waals surface area contributed by atoms with Gasteiger partial charge in [0.05, 0.1) is 5.56 Å². The number of phenolic OH excluding ortho intramolecular Hbond substituents is 1. The average molecular weight is 246 g/mol. The zero-order valence-corrected chi connectivity index (χ0v) is 9.64. The molecule has 2 aromatic carbocycles. The topological polar surface area (TPSA) is 84.9 Å². The summed E-state index contributed by atoms with van der Waals surface area (Å²) in [6, 6.07) is 8.69. The lowest BCUT2D eigenvalue weighted by molar-refractivity contribution is 0.104. The lowest BCUT2D eigenvalue weighted by Gasteiger charge is -2.15. The minimum absolute atomic E-state index is 0.0545. The quantitative estimate of drug-likeness (QED) is 0.773. The Kier molecular flexibility index (Phi) is 2.14. The first-order chi connectivity index (χ1) is 9.19. The molecule has 0 atom stereocenters. The second-order valence-corrected chi connectivity index (χ2v) is 4.16. The Labute approximate surface area is 108 Å². The van der Waals surface area contributed by atoms with Gasteiger partial charge in [-0.15, -0.1) is 0 Å². The van der Waals surface area contributed by atoms with Crippen molar-refractivity contribution < 1.29 is 9.90 Å². The highest BCUT2D eigenvalue weighted by molar-refractivity contribution is 6.21. The van der Waals surface area contributed by atoms with Gasteiger partial charge in [-0.1, -0.05) is 18.2 Å². The summed E-state index contributed by atoms with van der Waals surface area (Å²) in [5, 5.41) is 29.3. The molecule has 0 heterocycles. The smallest absolute Gasteiger partial charge is 0.186 e. The first kappa shape index (κ1) is 11.0. The maximum atomic E-state index is 11.8. The van der Waals surface area contributed by atoms with E-state index in [4.69, 9.17) is 5.26 Å².